The van der Waals surface area contributed by atoms with E-state index in [1.807, 2.05) is 5.32 Å². The van der Waals surface area contributed by atoms with Gasteiger partial charge in [-0.1, -0.05) is 0 Å². The van der Waals surface area contributed by atoms with Crippen molar-refractivity contribution in [3.8, 4) is 0 Å². The molecule has 0 unspecified atom stereocenters. The van der Waals surface area contributed by atoms with Crippen molar-refractivity contribution in [3.05, 3.63) is 29.6 Å². The van der Waals surface area contributed by atoms with Gasteiger partial charge < -0.3 is 20.5 Å². The Balaban J connectivity index is 2.42. The number of amides is 2. The van der Waals surface area contributed by atoms with E-state index in [-0.39, 0.29) is 26.4 Å². The van der Waals surface area contributed by atoms with Crippen molar-refractivity contribution < 1.29 is 27.8 Å². The Kier molecular flexibility index (Phi) is 6.10. The van der Waals surface area contributed by atoms with Crippen LogP contribution in [-0.4, -0.2) is 37.5 Å². The standard InChI is InChI=1S/C11H13F3N2O3/c12-7-1-2-8(10(14)9(7)13)16-11(18)15-3-5-19-6-4-17/h1-2,17H,3-6H2,(H2,15,16,18). The van der Waals surface area contributed by atoms with Gasteiger partial charge in [0.15, 0.2) is 17.5 Å². The van der Waals surface area contributed by atoms with Crippen molar-refractivity contribution in [2.75, 3.05) is 31.7 Å². The second kappa shape index (κ2) is 7.59. The molecule has 3 N–H and O–H groups in total. The number of hydrogen-bond donors (Lipinski definition) is 3. The zero-order valence-corrected chi connectivity index (χ0v) is 9.88. The second-order valence-electron chi connectivity index (χ2n) is 3.44. The Morgan fingerprint density at radius 2 is 1.95 bits per heavy atom. The van der Waals surface area contributed by atoms with Crippen LogP contribution in [-0.2, 0) is 4.74 Å². The Labute approximate surface area is 107 Å². The molecule has 106 valence electrons. The van der Waals surface area contributed by atoms with Crippen molar-refractivity contribution >= 4 is 11.7 Å². The van der Waals surface area contributed by atoms with Gasteiger partial charge in [-0.25, -0.2) is 18.0 Å². The predicted octanol–water partition coefficient (Wildman–Crippen LogP) is 1.23. The SMILES string of the molecule is O=C(NCCOCCO)Nc1ccc(F)c(F)c1F. The first kappa shape index (κ1) is 15.3. The molecule has 1 aromatic rings. The third-order valence-electron chi connectivity index (χ3n) is 2.05. The summed E-state index contributed by atoms with van der Waals surface area (Å²) in [7, 11) is 0. The Morgan fingerprint density at radius 1 is 1.21 bits per heavy atom. The predicted molar refractivity (Wildman–Crippen MR) is 61.2 cm³/mol. The third-order valence-corrected chi connectivity index (χ3v) is 2.05. The molecule has 0 aliphatic heterocycles. The number of halogens is 3. The number of anilines is 1. The highest BCUT2D eigenvalue weighted by atomic mass is 19.2. The van der Waals surface area contributed by atoms with Crippen molar-refractivity contribution in [2.45, 2.75) is 0 Å². The zero-order chi connectivity index (χ0) is 14.3. The van der Waals surface area contributed by atoms with Crippen LogP contribution in [0.4, 0.5) is 23.7 Å². The van der Waals surface area contributed by atoms with Gasteiger partial charge in [0.2, 0.25) is 0 Å². The first-order chi connectivity index (χ1) is 9.06. The van der Waals surface area contributed by atoms with Crippen molar-refractivity contribution in [1.82, 2.24) is 5.32 Å². The van der Waals surface area contributed by atoms with Crippen LogP contribution >= 0.6 is 0 Å². The Hall–Kier alpha value is -1.80. The lowest BCUT2D eigenvalue weighted by molar-refractivity contribution is 0.0950. The maximum atomic E-state index is 13.2. The number of urea groups is 1. The lowest BCUT2D eigenvalue weighted by Gasteiger charge is -2.09. The summed E-state index contributed by atoms with van der Waals surface area (Å²) in [5.41, 5.74) is -0.465. The molecule has 0 atom stereocenters. The number of aliphatic hydroxyl groups is 1. The molecule has 0 saturated carbocycles. The molecule has 0 aliphatic carbocycles. The average Bonchev–Trinajstić information content (AvgIpc) is 2.39. The summed E-state index contributed by atoms with van der Waals surface area (Å²) in [6, 6.07) is 0.839. The average molecular weight is 278 g/mol. The number of nitrogens with one attached hydrogen (secondary N) is 2. The second-order valence-corrected chi connectivity index (χ2v) is 3.44. The van der Waals surface area contributed by atoms with Crippen molar-refractivity contribution in [1.29, 1.82) is 0 Å². The van der Waals surface area contributed by atoms with Crippen molar-refractivity contribution in [2.24, 2.45) is 0 Å². The lowest BCUT2D eigenvalue weighted by atomic mass is 10.3. The Morgan fingerprint density at radius 3 is 2.63 bits per heavy atom. The first-order valence-corrected chi connectivity index (χ1v) is 5.43. The normalized spacial score (nSPS) is 10.3. The molecule has 8 heteroatoms. The van der Waals surface area contributed by atoms with Gasteiger partial charge in [-0.05, 0) is 12.1 Å². The fourth-order valence-corrected chi connectivity index (χ4v) is 1.19. The largest absolute Gasteiger partial charge is 0.394 e. The van der Waals surface area contributed by atoms with Gasteiger partial charge in [0.25, 0.3) is 0 Å². The minimum atomic E-state index is -1.65. The molecular formula is C11H13F3N2O3. The van der Waals surface area contributed by atoms with E-state index >= 15 is 0 Å². The maximum Gasteiger partial charge on any atom is 0.319 e. The first-order valence-electron chi connectivity index (χ1n) is 5.43. The fraction of sp³-hybridized carbons (Fsp3) is 0.364. The topological polar surface area (TPSA) is 70.6 Å². The molecule has 0 radical (unpaired) electrons. The van der Waals surface area contributed by atoms with Crippen LogP contribution in [0.1, 0.15) is 0 Å². The van der Waals surface area contributed by atoms with Gasteiger partial charge in [-0.2, -0.15) is 0 Å². The van der Waals surface area contributed by atoms with E-state index in [0.29, 0.717) is 6.07 Å². The Bertz CT molecular complexity index is 443. The number of hydrogen-bond acceptors (Lipinski definition) is 3. The zero-order valence-electron chi connectivity index (χ0n) is 9.88. The molecule has 1 aromatic carbocycles. The minimum Gasteiger partial charge on any atom is -0.394 e. The van der Waals surface area contributed by atoms with Gasteiger partial charge in [0.05, 0.1) is 25.5 Å². The molecule has 0 spiro atoms. The molecule has 0 fully saturated rings. The molecular weight excluding hydrogens is 265 g/mol. The highest BCUT2D eigenvalue weighted by Gasteiger charge is 2.14. The number of ether oxygens (including phenoxy) is 1. The summed E-state index contributed by atoms with van der Waals surface area (Å²) in [6.45, 7) is 0.290. The van der Waals surface area contributed by atoms with Crippen LogP contribution in [0.2, 0.25) is 0 Å². The van der Waals surface area contributed by atoms with E-state index < -0.39 is 29.2 Å². The van der Waals surface area contributed by atoms with Crippen LogP contribution in [0, 0.1) is 17.5 Å². The molecule has 0 saturated heterocycles. The number of rotatable bonds is 6. The quantitative estimate of drug-likeness (QED) is 0.541. The molecule has 0 aromatic heterocycles. The summed E-state index contributed by atoms with van der Waals surface area (Å²) in [5.74, 6) is -4.45. The molecule has 5 nitrogen and oxygen atoms in total. The molecule has 0 bridgehead atoms. The van der Waals surface area contributed by atoms with Gasteiger partial charge in [0.1, 0.15) is 0 Å². The van der Waals surface area contributed by atoms with E-state index in [1.54, 1.807) is 0 Å². The maximum absolute atomic E-state index is 13.2. The highest BCUT2D eigenvalue weighted by molar-refractivity contribution is 5.89. The van der Waals surface area contributed by atoms with E-state index in [4.69, 9.17) is 9.84 Å². The van der Waals surface area contributed by atoms with Gasteiger partial charge in [-0.3, -0.25) is 0 Å². The summed E-state index contributed by atoms with van der Waals surface area (Å²) < 4.78 is 43.6. The lowest BCUT2D eigenvalue weighted by Crippen LogP contribution is -2.32. The summed E-state index contributed by atoms with van der Waals surface area (Å²) in [6.07, 6.45) is 0. The van der Waals surface area contributed by atoms with Crippen molar-refractivity contribution in [3.63, 3.8) is 0 Å². The van der Waals surface area contributed by atoms with Gasteiger partial charge in [-0.15, -0.1) is 0 Å². The summed E-state index contributed by atoms with van der Waals surface area (Å²) >= 11 is 0. The molecule has 19 heavy (non-hydrogen) atoms. The molecule has 0 heterocycles. The minimum absolute atomic E-state index is 0.122. The molecule has 0 aliphatic rings. The van der Waals surface area contributed by atoms with E-state index in [2.05, 4.69) is 5.32 Å². The highest BCUT2D eigenvalue weighted by Crippen LogP contribution is 2.19. The molecule has 1 rings (SSSR count). The number of benzene rings is 1. The van der Waals surface area contributed by atoms with Crippen LogP contribution in [0.25, 0.3) is 0 Å². The number of carbonyl (C=O) groups is 1. The van der Waals surface area contributed by atoms with Gasteiger partial charge in [0, 0.05) is 6.54 Å². The van der Waals surface area contributed by atoms with E-state index in [0.717, 1.165) is 6.07 Å². The monoisotopic (exact) mass is 278 g/mol. The van der Waals surface area contributed by atoms with Crippen LogP contribution in [0.3, 0.4) is 0 Å². The summed E-state index contributed by atoms with van der Waals surface area (Å²) in [5, 5.41) is 12.8. The summed E-state index contributed by atoms with van der Waals surface area (Å²) in [4.78, 5) is 11.3. The van der Waals surface area contributed by atoms with E-state index in [1.165, 1.54) is 0 Å². The fourth-order valence-electron chi connectivity index (χ4n) is 1.19. The molecule has 2 amide bonds. The number of carbonyl (C=O) groups excluding carboxylic acids is 1. The number of aliphatic hydroxyl groups excluding tert-OH is 1. The van der Waals surface area contributed by atoms with Gasteiger partial charge >= 0.3 is 6.03 Å². The third kappa shape index (κ3) is 4.76. The van der Waals surface area contributed by atoms with Crippen LogP contribution in [0.15, 0.2) is 12.1 Å². The van der Waals surface area contributed by atoms with E-state index in [9.17, 15) is 18.0 Å². The van der Waals surface area contributed by atoms with Crippen LogP contribution < -0.4 is 10.6 Å². The van der Waals surface area contributed by atoms with Crippen LogP contribution in [0.5, 0.6) is 0 Å². The smallest absolute Gasteiger partial charge is 0.319 e.